The molecule has 1 atom stereocenters. The fourth-order valence-corrected chi connectivity index (χ4v) is 2.99. The summed E-state index contributed by atoms with van der Waals surface area (Å²) >= 11 is 0. The fourth-order valence-electron chi connectivity index (χ4n) is 1.84. The largest absolute Gasteiger partial charge is 0.416 e. The number of rotatable bonds is 5. The molecule has 0 aliphatic carbocycles. The molecule has 0 fully saturated rings. The van der Waals surface area contributed by atoms with Crippen molar-refractivity contribution in [2.75, 3.05) is 11.5 Å². The third-order valence-electron chi connectivity index (χ3n) is 2.89. The van der Waals surface area contributed by atoms with E-state index in [1.807, 2.05) is 4.57 Å². The van der Waals surface area contributed by atoms with Gasteiger partial charge in [-0.3, -0.25) is 4.21 Å². The maximum Gasteiger partial charge on any atom is 0.416 e. The summed E-state index contributed by atoms with van der Waals surface area (Å²) in [6, 6.07) is 2.91. The number of alkyl halides is 3. The van der Waals surface area contributed by atoms with Crippen molar-refractivity contribution in [3.63, 3.8) is 0 Å². The Morgan fingerprint density at radius 2 is 2.10 bits per heavy atom. The number of imidazole rings is 1. The Bertz CT molecular complexity index is 626. The molecule has 1 aromatic carbocycles. The summed E-state index contributed by atoms with van der Waals surface area (Å²) in [5, 5.41) is 0. The molecule has 2 aromatic rings. The predicted octanol–water partition coefficient (Wildman–Crippen LogP) is 2.68. The maximum atomic E-state index is 12.5. The quantitative estimate of drug-likeness (QED) is 0.863. The number of aromatic nitrogens is 2. The molecule has 0 aliphatic rings. The molecule has 21 heavy (non-hydrogen) atoms. The molecule has 0 saturated heterocycles. The standard InChI is InChI=1S/C13H14F3N3OS/c14-13(15,16)10-2-3-12(11(17)8-10)21(20)7-1-5-19-6-4-18-9-19/h2-4,6,8-9H,1,5,7,17H2. The van der Waals surface area contributed by atoms with Crippen LogP contribution in [0.3, 0.4) is 0 Å². The third-order valence-corrected chi connectivity index (χ3v) is 4.41. The predicted molar refractivity (Wildman–Crippen MR) is 74.0 cm³/mol. The van der Waals surface area contributed by atoms with E-state index in [9.17, 15) is 17.4 Å². The van der Waals surface area contributed by atoms with E-state index in [2.05, 4.69) is 4.98 Å². The normalized spacial score (nSPS) is 13.3. The van der Waals surface area contributed by atoms with Gasteiger partial charge in [0.2, 0.25) is 0 Å². The molecular formula is C13H14F3N3OS. The van der Waals surface area contributed by atoms with Crippen LogP contribution in [0, 0.1) is 0 Å². The van der Waals surface area contributed by atoms with Crippen LogP contribution < -0.4 is 5.73 Å². The highest BCUT2D eigenvalue weighted by Crippen LogP contribution is 2.32. The molecule has 0 amide bonds. The lowest BCUT2D eigenvalue weighted by atomic mass is 10.2. The molecule has 1 heterocycles. The molecule has 1 unspecified atom stereocenters. The van der Waals surface area contributed by atoms with Crippen LogP contribution in [-0.4, -0.2) is 19.5 Å². The Kier molecular flexibility index (Phi) is 4.66. The van der Waals surface area contributed by atoms with Gasteiger partial charge in [-0.25, -0.2) is 4.98 Å². The Labute approximate surface area is 122 Å². The molecule has 2 rings (SSSR count). The first kappa shape index (κ1) is 15.6. The summed E-state index contributed by atoms with van der Waals surface area (Å²) in [7, 11) is -1.42. The van der Waals surface area contributed by atoms with Crippen LogP contribution >= 0.6 is 0 Å². The van der Waals surface area contributed by atoms with E-state index < -0.39 is 22.5 Å². The van der Waals surface area contributed by atoms with Crippen molar-refractivity contribution < 1.29 is 17.4 Å². The number of anilines is 1. The Morgan fingerprint density at radius 1 is 1.33 bits per heavy atom. The van der Waals surface area contributed by atoms with E-state index in [1.54, 1.807) is 18.7 Å². The zero-order valence-electron chi connectivity index (χ0n) is 11.0. The summed E-state index contributed by atoms with van der Waals surface area (Å²) in [5.74, 6) is 0.327. The van der Waals surface area contributed by atoms with E-state index in [-0.39, 0.29) is 10.6 Å². The fraction of sp³-hybridized carbons (Fsp3) is 0.308. The summed E-state index contributed by atoms with van der Waals surface area (Å²) in [4.78, 5) is 4.13. The van der Waals surface area contributed by atoms with Crippen LogP contribution in [0.5, 0.6) is 0 Å². The van der Waals surface area contributed by atoms with Gasteiger partial charge in [0.25, 0.3) is 0 Å². The van der Waals surface area contributed by atoms with E-state index in [0.717, 1.165) is 12.1 Å². The van der Waals surface area contributed by atoms with Gasteiger partial charge in [0.1, 0.15) is 0 Å². The van der Waals surface area contributed by atoms with Gasteiger partial charge >= 0.3 is 6.18 Å². The number of aryl methyl sites for hydroxylation is 1. The molecule has 4 nitrogen and oxygen atoms in total. The van der Waals surface area contributed by atoms with Crippen molar-refractivity contribution >= 4 is 16.5 Å². The molecule has 114 valence electrons. The summed E-state index contributed by atoms with van der Waals surface area (Å²) in [6.07, 6.45) is 1.24. The topological polar surface area (TPSA) is 60.9 Å². The van der Waals surface area contributed by atoms with Crippen molar-refractivity contribution in [2.24, 2.45) is 0 Å². The molecule has 0 radical (unpaired) electrons. The third kappa shape index (κ3) is 4.07. The molecule has 0 saturated carbocycles. The molecule has 0 bridgehead atoms. The Balaban J connectivity index is 1.99. The van der Waals surface area contributed by atoms with Crippen LogP contribution in [0.1, 0.15) is 12.0 Å². The second-order valence-electron chi connectivity index (χ2n) is 4.45. The van der Waals surface area contributed by atoms with Gasteiger partial charge < -0.3 is 10.3 Å². The van der Waals surface area contributed by atoms with E-state index >= 15 is 0 Å². The zero-order valence-corrected chi connectivity index (χ0v) is 11.8. The van der Waals surface area contributed by atoms with Crippen LogP contribution in [0.25, 0.3) is 0 Å². The van der Waals surface area contributed by atoms with Crippen molar-refractivity contribution in [1.82, 2.24) is 9.55 Å². The number of hydrogen-bond acceptors (Lipinski definition) is 3. The highest BCUT2D eigenvalue weighted by atomic mass is 32.2. The highest BCUT2D eigenvalue weighted by molar-refractivity contribution is 7.85. The number of nitrogen functional groups attached to an aromatic ring is 1. The van der Waals surface area contributed by atoms with Crippen LogP contribution in [0.15, 0.2) is 41.8 Å². The molecule has 8 heteroatoms. The van der Waals surface area contributed by atoms with E-state index in [1.165, 1.54) is 6.07 Å². The molecular weight excluding hydrogens is 303 g/mol. The molecule has 2 N–H and O–H groups in total. The van der Waals surface area contributed by atoms with Gasteiger partial charge in [-0.15, -0.1) is 0 Å². The van der Waals surface area contributed by atoms with E-state index in [0.29, 0.717) is 18.7 Å². The number of nitrogens with zero attached hydrogens (tertiary/aromatic N) is 2. The lowest BCUT2D eigenvalue weighted by molar-refractivity contribution is -0.137. The second kappa shape index (κ2) is 6.30. The number of benzene rings is 1. The van der Waals surface area contributed by atoms with Gasteiger partial charge in [-0.2, -0.15) is 13.2 Å². The molecule has 1 aromatic heterocycles. The average Bonchev–Trinajstić information content (AvgIpc) is 2.90. The van der Waals surface area contributed by atoms with E-state index in [4.69, 9.17) is 5.73 Å². The Morgan fingerprint density at radius 3 is 2.67 bits per heavy atom. The smallest absolute Gasteiger partial charge is 0.398 e. The minimum absolute atomic E-state index is 0.0919. The monoisotopic (exact) mass is 317 g/mol. The number of halogens is 3. The lowest BCUT2D eigenvalue weighted by Gasteiger charge is -2.10. The Hall–Kier alpha value is -1.83. The zero-order chi connectivity index (χ0) is 15.5. The summed E-state index contributed by atoms with van der Waals surface area (Å²) < 4.78 is 51.5. The summed E-state index contributed by atoms with van der Waals surface area (Å²) in [5.41, 5.74) is 4.65. The highest BCUT2D eigenvalue weighted by Gasteiger charge is 2.31. The van der Waals surface area contributed by atoms with Gasteiger partial charge in [-0.05, 0) is 24.6 Å². The minimum atomic E-state index is -4.45. The van der Waals surface area contributed by atoms with Crippen molar-refractivity contribution in [2.45, 2.75) is 24.0 Å². The number of hydrogen-bond donors (Lipinski definition) is 1. The van der Waals surface area contributed by atoms with Crippen molar-refractivity contribution in [1.29, 1.82) is 0 Å². The molecule has 0 spiro atoms. The van der Waals surface area contributed by atoms with Crippen LogP contribution in [-0.2, 0) is 23.5 Å². The van der Waals surface area contributed by atoms with Gasteiger partial charge in [-0.1, -0.05) is 0 Å². The van der Waals surface area contributed by atoms with Crippen molar-refractivity contribution in [3.05, 3.63) is 42.5 Å². The van der Waals surface area contributed by atoms with Crippen LogP contribution in [0.2, 0.25) is 0 Å². The lowest BCUT2D eigenvalue weighted by Crippen LogP contribution is -2.09. The van der Waals surface area contributed by atoms with Gasteiger partial charge in [0, 0.05) is 30.4 Å². The second-order valence-corrected chi connectivity index (χ2v) is 5.99. The number of nitrogens with two attached hydrogens (primary N) is 1. The van der Waals surface area contributed by atoms with Gasteiger partial charge in [0.15, 0.2) is 0 Å². The van der Waals surface area contributed by atoms with Crippen molar-refractivity contribution in [3.8, 4) is 0 Å². The first-order valence-electron chi connectivity index (χ1n) is 6.19. The minimum Gasteiger partial charge on any atom is -0.398 e. The average molecular weight is 317 g/mol. The first-order valence-corrected chi connectivity index (χ1v) is 7.50. The molecule has 0 aliphatic heterocycles. The SMILES string of the molecule is Nc1cc(C(F)(F)F)ccc1S(=O)CCCn1ccnc1. The van der Waals surface area contributed by atoms with Gasteiger partial charge in [0.05, 0.1) is 27.6 Å². The first-order chi connectivity index (χ1) is 9.88. The van der Waals surface area contributed by atoms with Crippen LogP contribution in [0.4, 0.5) is 18.9 Å². The maximum absolute atomic E-state index is 12.5. The summed E-state index contributed by atoms with van der Waals surface area (Å²) in [6.45, 7) is 0.645.